The number of aromatic nitrogens is 3. The van der Waals surface area contributed by atoms with Gasteiger partial charge in [-0.1, -0.05) is 23.4 Å². The molecule has 10 heteroatoms. The number of thiophene rings is 1. The van der Waals surface area contributed by atoms with Gasteiger partial charge in [-0.05, 0) is 62.0 Å². The predicted molar refractivity (Wildman–Crippen MR) is 143 cm³/mol. The van der Waals surface area contributed by atoms with Crippen molar-refractivity contribution in [2.45, 2.75) is 45.4 Å². The van der Waals surface area contributed by atoms with Gasteiger partial charge in [-0.25, -0.2) is 4.68 Å². The van der Waals surface area contributed by atoms with Crippen LogP contribution in [0.3, 0.4) is 0 Å². The van der Waals surface area contributed by atoms with Gasteiger partial charge in [0.1, 0.15) is 29.6 Å². The summed E-state index contributed by atoms with van der Waals surface area (Å²) in [5, 5.41) is 13.4. The molecule has 0 saturated heterocycles. The smallest absolute Gasteiger partial charge is 0.247 e. The Hall–Kier alpha value is -3.92. The van der Waals surface area contributed by atoms with E-state index in [0.717, 1.165) is 10.4 Å². The third-order valence-corrected chi connectivity index (χ3v) is 6.54. The molecule has 1 N–H and O–H groups in total. The first-order valence-electron chi connectivity index (χ1n) is 11.8. The largest absolute Gasteiger partial charge is 0.497 e. The first-order valence-corrected chi connectivity index (χ1v) is 12.7. The number of para-hydroxylation sites is 1. The zero-order valence-electron chi connectivity index (χ0n) is 21.6. The molecule has 2 aromatic heterocycles. The molecule has 0 spiro atoms. The topological polar surface area (TPSA) is 98.6 Å². The fourth-order valence-corrected chi connectivity index (χ4v) is 4.75. The van der Waals surface area contributed by atoms with Crippen molar-refractivity contribution in [1.29, 1.82) is 0 Å². The molecule has 9 nitrogen and oxygen atoms in total. The standard InChI is InChI=1S/C27H31N5O4S/c1-27(2,3)28-26(34)25(18-13-19(35-4)15-20(14-18)36-5)31(16-21-9-8-12-37-21)24(33)17-32-23-11-7-6-10-22(23)29-30-32/h6-15,25H,16-17H2,1-5H3,(H,28,34)/t25-/m0/s1. The highest BCUT2D eigenvalue weighted by Gasteiger charge is 2.34. The van der Waals surface area contributed by atoms with Crippen molar-refractivity contribution in [2.24, 2.45) is 0 Å². The molecule has 2 amide bonds. The Kier molecular flexibility index (Phi) is 7.77. The molecule has 194 valence electrons. The molecule has 4 aromatic rings. The minimum absolute atomic E-state index is 0.0771. The third kappa shape index (κ3) is 6.26. The van der Waals surface area contributed by atoms with Crippen LogP contribution < -0.4 is 14.8 Å². The van der Waals surface area contributed by atoms with E-state index < -0.39 is 11.6 Å². The Morgan fingerprint density at radius 1 is 1.05 bits per heavy atom. The van der Waals surface area contributed by atoms with E-state index in [2.05, 4.69) is 15.6 Å². The molecule has 0 bridgehead atoms. The summed E-state index contributed by atoms with van der Waals surface area (Å²) in [6.07, 6.45) is 0. The van der Waals surface area contributed by atoms with E-state index in [4.69, 9.17) is 9.47 Å². The van der Waals surface area contributed by atoms with Crippen LogP contribution in [-0.4, -0.2) is 51.5 Å². The van der Waals surface area contributed by atoms with Gasteiger partial charge in [0.25, 0.3) is 0 Å². The lowest BCUT2D eigenvalue weighted by Gasteiger charge is -2.34. The Morgan fingerprint density at radius 3 is 2.38 bits per heavy atom. The maximum Gasteiger partial charge on any atom is 0.247 e. The van der Waals surface area contributed by atoms with Crippen LogP contribution >= 0.6 is 11.3 Å². The van der Waals surface area contributed by atoms with Crippen molar-refractivity contribution < 1.29 is 19.1 Å². The molecule has 0 aliphatic heterocycles. The van der Waals surface area contributed by atoms with Crippen LogP contribution in [0.5, 0.6) is 11.5 Å². The highest BCUT2D eigenvalue weighted by Crippen LogP contribution is 2.32. The van der Waals surface area contributed by atoms with E-state index in [0.29, 0.717) is 22.6 Å². The molecule has 2 aromatic carbocycles. The van der Waals surface area contributed by atoms with E-state index in [9.17, 15) is 9.59 Å². The zero-order valence-corrected chi connectivity index (χ0v) is 22.4. The third-order valence-electron chi connectivity index (χ3n) is 5.68. The van der Waals surface area contributed by atoms with Crippen LogP contribution in [0.1, 0.15) is 37.3 Å². The minimum Gasteiger partial charge on any atom is -0.497 e. The summed E-state index contributed by atoms with van der Waals surface area (Å²) < 4.78 is 12.5. The van der Waals surface area contributed by atoms with E-state index >= 15 is 0 Å². The number of rotatable bonds is 9. The molecule has 0 aliphatic carbocycles. The number of nitrogens with zero attached hydrogens (tertiary/aromatic N) is 4. The number of nitrogens with one attached hydrogen (secondary N) is 1. The monoisotopic (exact) mass is 521 g/mol. The second kappa shape index (κ2) is 11.0. The SMILES string of the molecule is COc1cc(OC)cc([C@@H](C(=O)NC(C)(C)C)N(Cc2cccs2)C(=O)Cn2nnc3ccccc32)c1. The molecule has 0 fully saturated rings. The molecule has 37 heavy (non-hydrogen) atoms. The van der Waals surface area contributed by atoms with Gasteiger partial charge < -0.3 is 19.7 Å². The van der Waals surface area contributed by atoms with Gasteiger partial charge in [0, 0.05) is 16.5 Å². The zero-order chi connectivity index (χ0) is 26.6. The summed E-state index contributed by atoms with van der Waals surface area (Å²) in [7, 11) is 3.10. The van der Waals surface area contributed by atoms with Crippen LogP contribution in [0, 0.1) is 0 Å². The lowest BCUT2D eigenvalue weighted by molar-refractivity contribution is -0.142. The fraction of sp³-hybridized carbons (Fsp3) is 0.333. The summed E-state index contributed by atoms with van der Waals surface area (Å²) in [6.45, 7) is 5.88. The molecule has 2 heterocycles. The van der Waals surface area contributed by atoms with Gasteiger partial charge >= 0.3 is 0 Å². The second-order valence-corrected chi connectivity index (χ2v) is 10.7. The van der Waals surface area contributed by atoms with Crippen molar-refractivity contribution in [2.75, 3.05) is 14.2 Å². The Bertz CT molecular complexity index is 1350. The number of benzene rings is 2. The van der Waals surface area contributed by atoms with Crippen LogP contribution in [0.15, 0.2) is 60.0 Å². The van der Waals surface area contributed by atoms with Gasteiger partial charge in [0.2, 0.25) is 11.8 Å². The maximum absolute atomic E-state index is 14.0. The quantitative estimate of drug-likeness (QED) is 0.355. The number of amides is 2. The number of carbonyl (C=O) groups excluding carboxylic acids is 2. The van der Waals surface area contributed by atoms with Crippen molar-refractivity contribution in [1.82, 2.24) is 25.2 Å². The second-order valence-electron chi connectivity index (χ2n) is 9.62. The van der Waals surface area contributed by atoms with Gasteiger partial charge in [-0.2, -0.15) is 0 Å². The molecule has 1 atom stereocenters. The number of ether oxygens (including phenoxy) is 2. The lowest BCUT2D eigenvalue weighted by Crippen LogP contribution is -2.49. The van der Waals surface area contributed by atoms with Gasteiger partial charge in [-0.3, -0.25) is 9.59 Å². The summed E-state index contributed by atoms with van der Waals surface area (Å²) in [4.78, 5) is 30.3. The first-order chi connectivity index (χ1) is 17.7. The molecule has 0 aliphatic rings. The molecule has 4 rings (SSSR count). The highest BCUT2D eigenvalue weighted by atomic mass is 32.1. The molecule has 0 radical (unpaired) electrons. The maximum atomic E-state index is 14.0. The highest BCUT2D eigenvalue weighted by molar-refractivity contribution is 7.09. The van der Waals surface area contributed by atoms with E-state index in [1.165, 1.54) is 11.3 Å². The average Bonchev–Trinajstić information content (AvgIpc) is 3.52. The normalized spacial score (nSPS) is 12.2. The number of hydrogen-bond acceptors (Lipinski definition) is 7. The molecular formula is C27H31N5O4S. The minimum atomic E-state index is -0.951. The summed E-state index contributed by atoms with van der Waals surface area (Å²) in [5.74, 6) is 0.457. The van der Waals surface area contributed by atoms with Crippen LogP contribution in [0.2, 0.25) is 0 Å². The first kappa shape index (κ1) is 26.2. The summed E-state index contributed by atoms with van der Waals surface area (Å²) >= 11 is 1.52. The van der Waals surface area contributed by atoms with E-state index in [1.54, 1.807) is 42.0 Å². The van der Waals surface area contributed by atoms with Crippen molar-refractivity contribution in [3.8, 4) is 11.5 Å². The Labute approximate surface area is 220 Å². The van der Waals surface area contributed by atoms with E-state index in [-0.39, 0.29) is 24.9 Å². The molecule has 0 saturated carbocycles. The van der Waals surface area contributed by atoms with Crippen molar-refractivity contribution in [3.63, 3.8) is 0 Å². The summed E-state index contributed by atoms with van der Waals surface area (Å²) in [5.41, 5.74) is 1.49. The Balaban J connectivity index is 1.80. The number of methoxy groups -OCH3 is 2. The van der Waals surface area contributed by atoms with Crippen molar-refractivity contribution in [3.05, 3.63) is 70.4 Å². The number of hydrogen-bond donors (Lipinski definition) is 1. The van der Waals surface area contributed by atoms with E-state index in [1.807, 2.05) is 62.5 Å². The molecular weight excluding hydrogens is 490 g/mol. The van der Waals surface area contributed by atoms with Gasteiger partial charge in [0.15, 0.2) is 0 Å². The van der Waals surface area contributed by atoms with Gasteiger partial charge in [0.05, 0.1) is 26.3 Å². The Morgan fingerprint density at radius 2 is 1.76 bits per heavy atom. The summed E-state index contributed by atoms with van der Waals surface area (Å²) in [6, 6.07) is 15.6. The number of carbonyl (C=O) groups is 2. The van der Waals surface area contributed by atoms with Crippen LogP contribution in [-0.2, 0) is 22.7 Å². The average molecular weight is 522 g/mol. The fourth-order valence-electron chi connectivity index (χ4n) is 4.05. The lowest BCUT2D eigenvalue weighted by atomic mass is 10.0. The number of fused-ring (bicyclic) bond motifs is 1. The van der Waals surface area contributed by atoms with Gasteiger partial charge in [-0.15, -0.1) is 16.4 Å². The predicted octanol–water partition coefficient (Wildman–Crippen LogP) is 4.19. The van der Waals surface area contributed by atoms with Crippen molar-refractivity contribution >= 4 is 34.2 Å². The van der Waals surface area contributed by atoms with Crippen LogP contribution in [0.25, 0.3) is 11.0 Å². The molecule has 0 unspecified atom stereocenters. The van der Waals surface area contributed by atoms with Crippen LogP contribution in [0.4, 0.5) is 0 Å².